The summed E-state index contributed by atoms with van der Waals surface area (Å²) < 4.78 is 10.2. The highest BCUT2D eigenvalue weighted by Crippen LogP contribution is 2.37. The maximum absolute atomic E-state index is 12.4. The van der Waals surface area contributed by atoms with E-state index in [1.54, 1.807) is 24.3 Å². The average Bonchev–Trinajstić information content (AvgIpc) is 3.27. The van der Waals surface area contributed by atoms with E-state index >= 15 is 0 Å². The number of likely N-dealkylation sites (tertiary alicyclic amines) is 1. The molecule has 1 aromatic heterocycles. The minimum absolute atomic E-state index is 0.117. The highest BCUT2D eigenvalue weighted by atomic mass is 35.5. The van der Waals surface area contributed by atoms with Gasteiger partial charge in [-0.05, 0) is 37.1 Å². The maximum Gasteiger partial charge on any atom is 0.326 e. The van der Waals surface area contributed by atoms with E-state index in [9.17, 15) is 14.4 Å². The van der Waals surface area contributed by atoms with E-state index in [1.807, 2.05) is 0 Å². The van der Waals surface area contributed by atoms with Crippen LogP contribution in [0.1, 0.15) is 31.6 Å². The number of aromatic nitrogens is 2. The Hall–Kier alpha value is -2.74. The normalized spacial score (nSPS) is 21.7. The molecule has 2 atom stereocenters. The predicted molar refractivity (Wildman–Crippen MR) is 96.7 cm³/mol. The lowest BCUT2D eigenvalue weighted by Gasteiger charge is -2.19. The second kappa shape index (κ2) is 7.71. The van der Waals surface area contributed by atoms with Crippen LogP contribution in [0.5, 0.6) is 0 Å². The van der Waals surface area contributed by atoms with Gasteiger partial charge in [-0.15, -0.1) is 0 Å². The Balaban J connectivity index is 1.33. The number of esters is 1. The van der Waals surface area contributed by atoms with Gasteiger partial charge in [0.2, 0.25) is 17.6 Å². The van der Waals surface area contributed by atoms with E-state index in [2.05, 4.69) is 10.1 Å². The van der Waals surface area contributed by atoms with Crippen LogP contribution in [-0.4, -0.2) is 39.4 Å². The van der Waals surface area contributed by atoms with Crippen molar-refractivity contribution in [1.29, 1.82) is 0 Å². The van der Waals surface area contributed by atoms with E-state index in [-0.39, 0.29) is 42.7 Å². The molecule has 0 spiro atoms. The molecule has 2 heterocycles. The highest BCUT2D eigenvalue weighted by Gasteiger charge is 2.48. The third-order valence-electron chi connectivity index (χ3n) is 5.15. The Kier molecular flexibility index (Phi) is 5.13. The molecule has 2 amide bonds. The second-order valence-electron chi connectivity index (χ2n) is 6.94. The molecule has 1 saturated carbocycles. The SMILES string of the molecule is O=C(CN1C(=O)C2CCCCC2C1=O)OCc1nc(-c2ccc(Cl)cc2)no1. The van der Waals surface area contributed by atoms with Crippen LogP contribution in [0.15, 0.2) is 28.8 Å². The first-order valence-corrected chi connectivity index (χ1v) is 9.50. The summed E-state index contributed by atoms with van der Waals surface area (Å²) in [7, 11) is 0. The number of rotatable bonds is 5. The summed E-state index contributed by atoms with van der Waals surface area (Å²) in [4.78, 5) is 42.1. The molecular formula is C19H18ClN3O5. The second-order valence-corrected chi connectivity index (χ2v) is 7.38. The Morgan fingerprint density at radius 2 is 1.79 bits per heavy atom. The lowest BCUT2D eigenvalue weighted by molar-refractivity contribution is -0.154. The van der Waals surface area contributed by atoms with E-state index < -0.39 is 5.97 Å². The van der Waals surface area contributed by atoms with Gasteiger partial charge in [0.1, 0.15) is 6.54 Å². The molecule has 1 saturated heterocycles. The molecule has 1 aliphatic carbocycles. The number of benzene rings is 1. The van der Waals surface area contributed by atoms with Crippen molar-refractivity contribution in [3.63, 3.8) is 0 Å². The van der Waals surface area contributed by atoms with Crippen molar-refractivity contribution in [3.8, 4) is 11.4 Å². The summed E-state index contributed by atoms with van der Waals surface area (Å²) in [6.45, 7) is -0.620. The number of carbonyl (C=O) groups excluding carboxylic acids is 3. The third-order valence-corrected chi connectivity index (χ3v) is 5.40. The predicted octanol–water partition coefficient (Wildman–Crippen LogP) is 2.61. The first-order valence-electron chi connectivity index (χ1n) is 9.12. The van der Waals surface area contributed by atoms with Crippen LogP contribution in [0.25, 0.3) is 11.4 Å². The number of hydrogen-bond acceptors (Lipinski definition) is 7. The van der Waals surface area contributed by atoms with Gasteiger partial charge < -0.3 is 9.26 Å². The van der Waals surface area contributed by atoms with E-state index in [0.29, 0.717) is 29.3 Å². The van der Waals surface area contributed by atoms with Crippen LogP contribution in [0, 0.1) is 11.8 Å². The largest absolute Gasteiger partial charge is 0.454 e. The molecule has 1 aromatic carbocycles. The molecule has 2 unspecified atom stereocenters. The minimum atomic E-state index is -0.688. The molecule has 9 heteroatoms. The number of hydrogen-bond donors (Lipinski definition) is 0. The lowest BCUT2D eigenvalue weighted by Crippen LogP contribution is -2.36. The number of ether oxygens (including phenoxy) is 1. The summed E-state index contributed by atoms with van der Waals surface area (Å²) in [5.41, 5.74) is 0.710. The van der Waals surface area contributed by atoms with Gasteiger partial charge in [0.05, 0.1) is 11.8 Å². The zero-order valence-electron chi connectivity index (χ0n) is 15.0. The van der Waals surface area contributed by atoms with Gasteiger partial charge >= 0.3 is 5.97 Å². The zero-order valence-corrected chi connectivity index (χ0v) is 15.7. The van der Waals surface area contributed by atoms with Crippen LogP contribution >= 0.6 is 11.6 Å². The number of halogens is 1. The summed E-state index contributed by atoms with van der Waals surface area (Å²) in [6.07, 6.45) is 3.28. The number of nitrogens with zero attached hydrogens (tertiary/aromatic N) is 3. The first kappa shape index (κ1) is 18.6. The van der Waals surface area contributed by atoms with Crippen LogP contribution in [0.3, 0.4) is 0 Å². The number of imide groups is 1. The zero-order chi connectivity index (χ0) is 19.7. The molecule has 4 rings (SSSR count). The molecule has 146 valence electrons. The molecule has 0 radical (unpaired) electrons. The molecular weight excluding hydrogens is 386 g/mol. The van der Waals surface area contributed by atoms with Crippen molar-refractivity contribution >= 4 is 29.4 Å². The average molecular weight is 404 g/mol. The quantitative estimate of drug-likeness (QED) is 0.558. The number of fused-ring (bicyclic) bond motifs is 1. The van der Waals surface area contributed by atoms with Gasteiger partial charge in [-0.25, -0.2) is 0 Å². The van der Waals surface area contributed by atoms with Gasteiger partial charge in [-0.3, -0.25) is 19.3 Å². The van der Waals surface area contributed by atoms with Crippen LogP contribution in [0.4, 0.5) is 0 Å². The van der Waals surface area contributed by atoms with E-state index in [4.69, 9.17) is 20.9 Å². The minimum Gasteiger partial charge on any atom is -0.454 e. The van der Waals surface area contributed by atoms with Gasteiger partial charge in [0.15, 0.2) is 6.61 Å². The molecule has 0 bridgehead atoms. The van der Waals surface area contributed by atoms with E-state index in [1.165, 1.54) is 0 Å². The van der Waals surface area contributed by atoms with Gasteiger partial charge in [-0.1, -0.05) is 29.6 Å². The summed E-state index contributed by atoms with van der Waals surface area (Å²) in [6, 6.07) is 6.89. The van der Waals surface area contributed by atoms with Crippen molar-refractivity contribution in [3.05, 3.63) is 35.2 Å². The molecule has 1 aliphatic heterocycles. The lowest BCUT2D eigenvalue weighted by atomic mass is 9.81. The molecule has 8 nitrogen and oxygen atoms in total. The van der Waals surface area contributed by atoms with Crippen molar-refractivity contribution in [1.82, 2.24) is 15.0 Å². The smallest absolute Gasteiger partial charge is 0.326 e. The third kappa shape index (κ3) is 3.64. The Morgan fingerprint density at radius 3 is 2.43 bits per heavy atom. The van der Waals surface area contributed by atoms with Crippen molar-refractivity contribution in [2.24, 2.45) is 11.8 Å². The summed E-state index contributed by atoms with van der Waals surface area (Å²) in [5, 5.41) is 4.42. The molecule has 2 fully saturated rings. The molecule has 0 N–H and O–H groups in total. The molecule has 2 aromatic rings. The van der Waals surface area contributed by atoms with Crippen molar-refractivity contribution in [2.45, 2.75) is 32.3 Å². The Labute approximate surface area is 165 Å². The fraction of sp³-hybridized carbons (Fsp3) is 0.421. The van der Waals surface area contributed by atoms with Crippen molar-refractivity contribution in [2.75, 3.05) is 6.54 Å². The Bertz CT molecular complexity index is 887. The van der Waals surface area contributed by atoms with Gasteiger partial charge in [-0.2, -0.15) is 4.98 Å². The maximum atomic E-state index is 12.4. The fourth-order valence-electron chi connectivity index (χ4n) is 3.73. The summed E-state index contributed by atoms with van der Waals surface area (Å²) in [5.74, 6) is -1.34. The van der Waals surface area contributed by atoms with Crippen LogP contribution in [0.2, 0.25) is 5.02 Å². The topological polar surface area (TPSA) is 103 Å². The van der Waals surface area contributed by atoms with Gasteiger partial charge in [0.25, 0.3) is 5.89 Å². The highest BCUT2D eigenvalue weighted by molar-refractivity contribution is 6.30. The van der Waals surface area contributed by atoms with Crippen LogP contribution in [-0.2, 0) is 25.7 Å². The summed E-state index contributed by atoms with van der Waals surface area (Å²) >= 11 is 5.85. The monoisotopic (exact) mass is 403 g/mol. The number of carbonyl (C=O) groups is 3. The fourth-order valence-corrected chi connectivity index (χ4v) is 3.86. The van der Waals surface area contributed by atoms with Gasteiger partial charge in [0, 0.05) is 10.6 Å². The van der Waals surface area contributed by atoms with Crippen LogP contribution < -0.4 is 0 Å². The standard InChI is InChI=1S/C19H18ClN3O5/c20-12-7-5-11(6-8-12)17-21-15(28-22-17)10-27-16(24)9-23-18(25)13-3-1-2-4-14(13)19(23)26/h5-8,13-14H,1-4,9-10H2. The number of amides is 2. The Morgan fingerprint density at radius 1 is 1.14 bits per heavy atom. The first-order chi connectivity index (χ1) is 13.5. The molecule has 28 heavy (non-hydrogen) atoms. The van der Waals surface area contributed by atoms with Crippen molar-refractivity contribution < 1.29 is 23.6 Å². The van der Waals surface area contributed by atoms with E-state index in [0.717, 1.165) is 17.7 Å². The molecule has 2 aliphatic rings.